The number of anilines is 8. The molecule has 6 aromatic heterocycles. The topological polar surface area (TPSA) is 346 Å². The van der Waals surface area contributed by atoms with E-state index in [1.807, 2.05) is 50.5 Å². The van der Waals surface area contributed by atoms with Gasteiger partial charge in [0, 0.05) is 132 Å². The quantitative estimate of drug-likeness (QED) is 0.0247. The Balaban J connectivity index is 0.552. The van der Waals surface area contributed by atoms with Crippen molar-refractivity contribution in [2.45, 2.75) is 89.1 Å². The molecule has 4 aliphatic heterocycles. The van der Waals surface area contributed by atoms with E-state index in [1.54, 1.807) is 72.3 Å². The molecule has 106 heavy (non-hydrogen) atoms. The number of aryl methyl sites for hydroxylation is 4. The first kappa shape index (κ1) is 71.6. The zero-order valence-electron chi connectivity index (χ0n) is 59.3. The molecule has 0 spiro atoms. The molecule has 6 amide bonds. The van der Waals surface area contributed by atoms with E-state index in [9.17, 15) is 38.4 Å². The molecule has 3 unspecified atom stereocenters. The van der Waals surface area contributed by atoms with E-state index in [-0.39, 0.29) is 48.0 Å². The predicted octanol–water partition coefficient (Wildman–Crippen LogP) is 8.35. The highest BCUT2D eigenvalue weighted by Crippen LogP contribution is 2.37. The van der Waals surface area contributed by atoms with Gasteiger partial charge in [-0.2, -0.15) is 20.2 Å². The Hall–Kier alpha value is -11.4. The number of piperidine rings is 4. The number of hydrogen-bond acceptors (Lipinski definition) is 22. The molecule has 4 aliphatic rings. The van der Waals surface area contributed by atoms with Crippen LogP contribution in [-0.2, 0) is 57.0 Å². The zero-order chi connectivity index (χ0) is 74.2. The molecule has 0 saturated carbocycles. The summed E-state index contributed by atoms with van der Waals surface area (Å²) in [6, 6.07) is 25.8. The van der Waals surface area contributed by atoms with Crippen molar-refractivity contribution >= 4 is 149 Å². The maximum Gasteiger partial charge on any atom is 0.293 e. The van der Waals surface area contributed by atoms with Gasteiger partial charge in [0.15, 0.2) is 35.8 Å². The Morgan fingerprint density at radius 2 is 1.06 bits per heavy atom. The first-order valence-corrected chi connectivity index (χ1v) is 36.1. The van der Waals surface area contributed by atoms with Gasteiger partial charge in [0.05, 0.1) is 57.7 Å². The van der Waals surface area contributed by atoms with Crippen LogP contribution in [0.2, 0.25) is 10.0 Å². The number of hydrogen-bond donors (Lipinski definition) is 7. The van der Waals surface area contributed by atoms with Gasteiger partial charge in [-0.05, 0) is 155 Å². The number of nitrogens with one attached hydrogen (secondary N) is 7. The highest BCUT2D eigenvalue weighted by molar-refractivity contribution is 6.33. The lowest BCUT2D eigenvalue weighted by Gasteiger charge is -2.33. The van der Waals surface area contributed by atoms with Crippen LogP contribution in [0.15, 0.2) is 107 Å². The fourth-order valence-corrected chi connectivity index (χ4v) is 14.8. The maximum atomic E-state index is 13.7. The van der Waals surface area contributed by atoms with Gasteiger partial charge in [0.2, 0.25) is 35.5 Å². The molecule has 14 rings (SSSR count). The third-order valence-electron chi connectivity index (χ3n) is 20.3. The minimum Gasteiger partial charge on any atom is -0.478 e. The first-order valence-electron chi connectivity index (χ1n) is 35.4. The third kappa shape index (κ3) is 15.3. The smallest absolute Gasteiger partial charge is 0.293 e. The number of ether oxygens (including phenoxy) is 2. The number of pyridine rings is 2. The number of amides is 6. The number of halogens is 2. The second kappa shape index (κ2) is 30.4. The minimum absolute atomic E-state index is 0.114. The van der Waals surface area contributed by atoms with Gasteiger partial charge in [-0.1, -0.05) is 23.2 Å². The molecule has 4 aromatic carbocycles. The summed E-state index contributed by atoms with van der Waals surface area (Å²) >= 11 is 13.4. The second-order valence-corrected chi connectivity index (χ2v) is 28.4. The molecule has 550 valence electrons. The monoisotopic (exact) mass is 1480 g/mol. The minimum atomic E-state index is -1.26. The van der Waals surface area contributed by atoms with Crippen LogP contribution in [0.25, 0.3) is 43.6 Å². The molecule has 0 aliphatic carbocycles. The largest absolute Gasteiger partial charge is 0.478 e. The molecule has 10 heterocycles. The predicted molar refractivity (Wildman–Crippen MR) is 403 cm³/mol. The Morgan fingerprint density at radius 1 is 0.594 bits per heavy atom. The number of nitrogens with zero attached hydrogens (tertiary/aromatic N) is 13. The number of imide groups is 2. The number of carbonyl (C=O) groups excluding carboxylic acids is 6. The summed E-state index contributed by atoms with van der Waals surface area (Å²) in [5.74, 6) is -1.22. The zero-order valence-corrected chi connectivity index (χ0v) is 60.8. The van der Waals surface area contributed by atoms with E-state index in [2.05, 4.69) is 67.3 Å². The summed E-state index contributed by atoms with van der Waals surface area (Å²) in [6.45, 7) is 5.30. The lowest BCUT2D eigenvalue weighted by molar-refractivity contribution is -0.143. The lowest BCUT2D eigenvalue weighted by atomic mass is 9.93. The Morgan fingerprint density at radius 3 is 1.54 bits per heavy atom. The third-order valence-corrected chi connectivity index (χ3v) is 20.9. The molecule has 4 fully saturated rings. The standard InChI is InChI=1S/C74H80Cl2N20O10/c1-40(106-60-32-44-30-48(14-20-56(44)91(3)72(60)104)82-67-54(76)36-80-74(86-67)96-28-8-10-42(38-96)24-26-78-46-12-16-50-58(34-46)93(5)88-65(50)52-18-22-62(98)84-70(52)102)68(100)89-94(6)63(99)39-105-59-31-43-29-47(13-19-55(43)90(2)71(59)103)81-66-53(75)35-79-73(85-66)95-27-7-9-41(37-95)23-25-77-45-11-15-49-57(33-45)92(4)87-64(49)51-17-21-61(97)83-69(51)101/h11-16,19-20,29-36,40-42,51-52,77-78H,7-10,17-18,21-28,37-39H2,1-6H3,(H,89,100)(H,79,81,85)(H,80,82,86)(H,83,97,101)(H,84,98,102)/t40?,41-,42-,51?,52?/m1/s1. The highest BCUT2D eigenvalue weighted by atomic mass is 35.5. The Kier molecular flexibility index (Phi) is 20.5. The van der Waals surface area contributed by atoms with E-state index < -0.39 is 47.5 Å². The maximum absolute atomic E-state index is 13.7. The van der Waals surface area contributed by atoms with Crippen molar-refractivity contribution in [1.82, 2.24) is 69.7 Å². The number of likely N-dealkylation sites (N-methyl/N-ethyl adjacent to an activating group) is 1. The van der Waals surface area contributed by atoms with Crippen molar-refractivity contribution in [3.8, 4) is 11.5 Å². The number of hydrazine groups is 1. The van der Waals surface area contributed by atoms with Crippen LogP contribution in [-0.4, -0.2) is 148 Å². The van der Waals surface area contributed by atoms with Gasteiger partial charge in [0.25, 0.3) is 22.9 Å². The van der Waals surface area contributed by atoms with Gasteiger partial charge in [0.1, 0.15) is 10.0 Å². The van der Waals surface area contributed by atoms with Crippen LogP contribution in [0.5, 0.6) is 11.5 Å². The van der Waals surface area contributed by atoms with Gasteiger partial charge in [-0.3, -0.25) is 68.8 Å². The van der Waals surface area contributed by atoms with Gasteiger partial charge >= 0.3 is 0 Å². The normalized spacial score (nSPS) is 18.0. The van der Waals surface area contributed by atoms with Crippen LogP contribution < -0.4 is 67.7 Å². The van der Waals surface area contributed by atoms with Gasteiger partial charge < -0.3 is 49.7 Å². The second-order valence-electron chi connectivity index (χ2n) is 27.6. The SMILES string of the molecule is CC(Oc1cc2cc(Nc3nc(N4CCC[C@H](CCNc5ccc6c(C7CCC(=O)NC7=O)nn(C)c6c5)C4)ncc3Cl)ccc2n(C)c1=O)C(=O)NN(C)C(=O)COc1cc2cc(Nc3nc(N4CCC[C@H](CCNc5ccc6c(C7CCC(=O)NC7=O)nn(C)c6c5)C4)ncc3Cl)ccc2n(C)c1=O. The van der Waals surface area contributed by atoms with Crippen LogP contribution >= 0.6 is 23.2 Å². The molecular weight excluding hydrogens is 1400 g/mol. The molecule has 4 saturated heterocycles. The number of benzene rings is 4. The van der Waals surface area contributed by atoms with Crippen molar-refractivity contribution < 1.29 is 38.2 Å². The average Bonchev–Trinajstić information content (AvgIpc) is 1.47. The van der Waals surface area contributed by atoms with Crippen molar-refractivity contribution in [2.75, 3.05) is 84.0 Å². The van der Waals surface area contributed by atoms with Crippen molar-refractivity contribution in [3.63, 3.8) is 0 Å². The number of rotatable bonds is 22. The summed E-state index contributed by atoms with van der Waals surface area (Å²) in [6.07, 6.45) is 9.09. The van der Waals surface area contributed by atoms with Crippen LogP contribution in [0.4, 0.5) is 46.3 Å². The first-order chi connectivity index (χ1) is 51.0. The Labute approximate surface area is 617 Å². The Bertz CT molecular complexity index is 5290. The molecule has 32 heteroatoms. The van der Waals surface area contributed by atoms with E-state index in [1.165, 1.54) is 35.2 Å². The summed E-state index contributed by atoms with van der Waals surface area (Å²) in [5, 5.41) is 32.5. The molecule has 0 radical (unpaired) electrons. The van der Waals surface area contributed by atoms with Crippen molar-refractivity contribution in [1.29, 1.82) is 0 Å². The number of fused-ring (bicyclic) bond motifs is 4. The van der Waals surface area contributed by atoms with Crippen molar-refractivity contribution in [2.24, 2.45) is 40.0 Å². The van der Waals surface area contributed by atoms with E-state index in [0.717, 1.165) is 116 Å². The molecule has 10 aromatic rings. The summed E-state index contributed by atoms with van der Waals surface area (Å²) < 4.78 is 18.2. The summed E-state index contributed by atoms with van der Waals surface area (Å²) in [5.41, 5.74) is 8.89. The van der Waals surface area contributed by atoms with Crippen molar-refractivity contribution in [3.05, 3.63) is 139 Å². The van der Waals surface area contributed by atoms with E-state index >= 15 is 0 Å². The number of aromatic nitrogens is 10. The molecule has 30 nitrogen and oxygen atoms in total. The lowest BCUT2D eigenvalue weighted by Crippen LogP contribution is -2.50. The highest BCUT2D eigenvalue weighted by Gasteiger charge is 2.34. The molecule has 0 bridgehead atoms. The van der Waals surface area contributed by atoms with Gasteiger partial charge in [-0.25, -0.2) is 9.97 Å². The van der Waals surface area contributed by atoms with E-state index in [4.69, 9.17) is 42.6 Å². The van der Waals surface area contributed by atoms with E-state index in [0.29, 0.717) is 103 Å². The van der Waals surface area contributed by atoms with Crippen LogP contribution in [0, 0.1) is 11.8 Å². The average molecular weight is 1480 g/mol. The molecule has 7 N–H and O–H groups in total. The molecule has 5 atom stereocenters. The summed E-state index contributed by atoms with van der Waals surface area (Å²) in [7, 11) is 8.22. The van der Waals surface area contributed by atoms with Crippen LogP contribution in [0.1, 0.15) is 94.4 Å². The van der Waals surface area contributed by atoms with Gasteiger partial charge in [-0.15, -0.1) is 0 Å². The fraction of sp³-hybridized carbons (Fsp3) is 0.378. The summed E-state index contributed by atoms with van der Waals surface area (Å²) in [4.78, 5) is 127. The molecular formula is C74H80Cl2N20O10. The fourth-order valence-electron chi connectivity index (χ4n) is 14.5. The number of carbonyl (C=O) groups is 6. The van der Waals surface area contributed by atoms with Crippen LogP contribution in [0.3, 0.4) is 0 Å².